The van der Waals surface area contributed by atoms with Crippen molar-refractivity contribution in [2.75, 3.05) is 26.7 Å². The minimum atomic E-state index is -0.421. The van der Waals surface area contributed by atoms with Crippen LogP contribution in [0.3, 0.4) is 0 Å². The van der Waals surface area contributed by atoms with Gasteiger partial charge in [0.05, 0.1) is 25.3 Å². The van der Waals surface area contributed by atoms with E-state index in [1.54, 1.807) is 28.9 Å². The van der Waals surface area contributed by atoms with E-state index < -0.39 is 6.04 Å². The Balaban J connectivity index is 1.34. The summed E-state index contributed by atoms with van der Waals surface area (Å²) in [5.74, 6) is 1.69. The average molecular weight is 546 g/mol. The van der Waals surface area contributed by atoms with Gasteiger partial charge in [-0.2, -0.15) is 0 Å². The first-order chi connectivity index (χ1) is 19.3. The number of nitrogens with one attached hydrogen (secondary N) is 1. The van der Waals surface area contributed by atoms with Crippen molar-refractivity contribution in [3.8, 4) is 11.5 Å². The highest BCUT2D eigenvalue weighted by molar-refractivity contribution is 5.85. The predicted octanol–water partition coefficient (Wildman–Crippen LogP) is 2.69. The third-order valence-corrected chi connectivity index (χ3v) is 7.41. The zero-order chi connectivity index (χ0) is 28.1. The fraction of sp³-hybridized carbons (Fsp3) is 0.400. The van der Waals surface area contributed by atoms with Gasteiger partial charge in [0.25, 0.3) is 0 Å². The van der Waals surface area contributed by atoms with Crippen molar-refractivity contribution in [3.05, 3.63) is 77.9 Å². The van der Waals surface area contributed by atoms with E-state index in [0.717, 1.165) is 17.0 Å². The maximum atomic E-state index is 13.1. The van der Waals surface area contributed by atoms with E-state index in [-0.39, 0.29) is 43.3 Å². The molecule has 10 nitrogen and oxygen atoms in total. The van der Waals surface area contributed by atoms with Gasteiger partial charge in [-0.3, -0.25) is 14.4 Å². The molecule has 2 aliphatic rings. The SMILES string of the molecule is Cc1nccn1CC(=O)N1CC[C@H]2OCc3cccc(c3)Oc3cccc(c3)CCC(=O)N(C)CC(=O)N[C@H]2C1. The van der Waals surface area contributed by atoms with Crippen LogP contribution in [0.15, 0.2) is 60.9 Å². The average Bonchev–Trinajstić information content (AvgIpc) is 3.34. The number of aryl methyl sites for hydroxylation is 2. The second-order valence-corrected chi connectivity index (χ2v) is 10.4. The number of likely N-dealkylation sites (tertiary alicyclic amines) is 1. The maximum absolute atomic E-state index is 13.1. The third kappa shape index (κ3) is 6.87. The Bertz CT molecular complexity index is 1370. The molecule has 4 bridgehead atoms. The molecule has 1 saturated heterocycles. The largest absolute Gasteiger partial charge is 0.457 e. The monoisotopic (exact) mass is 545 g/mol. The van der Waals surface area contributed by atoms with Gasteiger partial charge in [-0.1, -0.05) is 24.3 Å². The highest BCUT2D eigenvalue weighted by Crippen LogP contribution is 2.25. The van der Waals surface area contributed by atoms with Gasteiger partial charge in [0, 0.05) is 39.0 Å². The molecule has 2 aliphatic heterocycles. The number of fused-ring (bicyclic) bond motifs is 5. The zero-order valence-corrected chi connectivity index (χ0v) is 22.9. The van der Waals surface area contributed by atoms with Crippen molar-refractivity contribution in [2.45, 2.75) is 51.5 Å². The molecule has 3 aromatic rings. The second kappa shape index (κ2) is 12.3. The van der Waals surface area contributed by atoms with E-state index in [2.05, 4.69) is 10.3 Å². The second-order valence-electron chi connectivity index (χ2n) is 10.4. The van der Waals surface area contributed by atoms with Crippen LogP contribution in [0.4, 0.5) is 0 Å². The van der Waals surface area contributed by atoms with Crippen LogP contribution >= 0.6 is 0 Å². The normalized spacial score (nSPS) is 20.6. The number of aromatic nitrogens is 2. The Morgan fingerprint density at radius 3 is 2.58 bits per heavy atom. The molecule has 10 heteroatoms. The Hall–Kier alpha value is -4.18. The molecular formula is C30H35N5O5. The van der Waals surface area contributed by atoms with Gasteiger partial charge in [0.15, 0.2) is 0 Å². The lowest BCUT2D eigenvalue weighted by Crippen LogP contribution is -2.58. The van der Waals surface area contributed by atoms with Crippen LogP contribution < -0.4 is 10.1 Å². The van der Waals surface area contributed by atoms with Crippen molar-refractivity contribution in [2.24, 2.45) is 0 Å². The molecule has 3 heterocycles. The third-order valence-electron chi connectivity index (χ3n) is 7.41. The van der Waals surface area contributed by atoms with Gasteiger partial charge >= 0.3 is 0 Å². The molecule has 0 unspecified atom stereocenters. The van der Waals surface area contributed by atoms with Crippen molar-refractivity contribution >= 4 is 17.7 Å². The van der Waals surface area contributed by atoms with E-state index in [1.165, 1.54) is 4.90 Å². The number of piperidine rings is 1. The number of ether oxygens (including phenoxy) is 2. The summed E-state index contributed by atoms with van der Waals surface area (Å²) in [6.07, 6.45) is 4.52. The van der Waals surface area contributed by atoms with E-state index >= 15 is 0 Å². The maximum Gasteiger partial charge on any atom is 0.242 e. The molecule has 1 fully saturated rings. The molecule has 3 amide bonds. The summed E-state index contributed by atoms with van der Waals surface area (Å²) >= 11 is 0. The number of carbonyl (C=O) groups is 3. The van der Waals surface area contributed by atoms with E-state index in [0.29, 0.717) is 44.0 Å². The van der Waals surface area contributed by atoms with Crippen LogP contribution in [0.1, 0.15) is 29.8 Å². The van der Waals surface area contributed by atoms with E-state index in [9.17, 15) is 14.4 Å². The number of likely N-dealkylation sites (N-methyl/N-ethyl adjacent to an activating group) is 1. The Kier molecular flexibility index (Phi) is 8.45. The molecule has 0 spiro atoms. The quantitative estimate of drug-likeness (QED) is 0.531. The first-order valence-corrected chi connectivity index (χ1v) is 13.6. The van der Waals surface area contributed by atoms with Crippen LogP contribution in [0, 0.1) is 6.92 Å². The lowest BCUT2D eigenvalue weighted by atomic mass is 10.0. The fourth-order valence-corrected chi connectivity index (χ4v) is 5.11. The first kappa shape index (κ1) is 27.4. The number of nitrogens with zero attached hydrogens (tertiary/aromatic N) is 4. The molecular weight excluding hydrogens is 510 g/mol. The topological polar surface area (TPSA) is 106 Å². The standard InChI is InChI=1S/C30H35N5O5/c1-21-31-12-14-34(21)19-30(38)35-13-11-27-26(17-35)32-28(36)18-33(2)29(37)10-9-22-5-3-7-24(15-22)40-25-8-4-6-23(16-25)20-39-27/h3-8,12,14-16,26-27H,9-11,13,17-20H2,1-2H3,(H,32,36)/t26-,27+/m0/s1. The number of rotatable bonds is 2. The van der Waals surface area contributed by atoms with Crippen molar-refractivity contribution < 1.29 is 23.9 Å². The molecule has 0 saturated carbocycles. The summed E-state index contributed by atoms with van der Waals surface area (Å²) in [4.78, 5) is 46.3. The highest BCUT2D eigenvalue weighted by Gasteiger charge is 2.33. The summed E-state index contributed by atoms with van der Waals surface area (Å²) < 4.78 is 14.2. The molecule has 0 radical (unpaired) electrons. The van der Waals surface area contributed by atoms with Gasteiger partial charge in [-0.25, -0.2) is 4.98 Å². The van der Waals surface area contributed by atoms with Crippen molar-refractivity contribution in [3.63, 3.8) is 0 Å². The van der Waals surface area contributed by atoms with Crippen LogP contribution in [-0.2, 0) is 38.7 Å². The number of benzene rings is 2. The molecule has 0 aliphatic carbocycles. The van der Waals surface area contributed by atoms with Crippen molar-refractivity contribution in [1.82, 2.24) is 24.7 Å². The van der Waals surface area contributed by atoms with Crippen LogP contribution in [-0.4, -0.2) is 75.9 Å². The molecule has 5 rings (SSSR count). The molecule has 210 valence electrons. The number of carbonyl (C=O) groups excluding carboxylic acids is 3. The first-order valence-electron chi connectivity index (χ1n) is 13.6. The summed E-state index contributed by atoms with van der Waals surface area (Å²) in [5.41, 5.74) is 1.92. The molecule has 1 aromatic heterocycles. The lowest BCUT2D eigenvalue weighted by molar-refractivity contribution is -0.139. The Morgan fingerprint density at radius 2 is 1.82 bits per heavy atom. The Labute approximate surface area is 233 Å². The van der Waals surface area contributed by atoms with Crippen LogP contribution in [0.2, 0.25) is 0 Å². The van der Waals surface area contributed by atoms with Crippen molar-refractivity contribution in [1.29, 1.82) is 0 Å². The number of hydrogen-bond donors (Lipinski definition) is 1. The fourth-order valence-electron chi connectivity index (χ4n) is 5.11. The molecule has 40 heavy (non-hydrogen) atoms. The lowest BCUT2D eigenvalue weighted by Gasteiger charge is -2.39. The summed E-state index contributed by atoms with van der Waals surface area (Å²) in [5, 5.41) is 3.05. The van der Waals surface area contributed by atoms with Gasteiger partial charge in [0.2, 0.25) is 17.7 Å². The number of imidazole rings is 1. The van der Waals surface area contributed by atoms with Crippen LogP contribution in [0.25, 0.3) is 0 Å². The molecule has 2 atom stereocenters. The summed E-state index contributed by atoms with van der Waals surface area (Å²) in [7, 11) is 1.63. The van der Waals surface area contributed by atoms with Gasteiger partial charge in [-0.05, 0) is 55.2 Å². The smallest absolute Gasteiger partial charge is 0.242 e. The predicted molar refractivity (Wildman–Crippen MR) is 148 cm³/mol. The number of amides is 3. The Morgan fingerprint density at radius 1 is 1.07 bits per heavy atom. The van der Waals surface area contributed by atoms with Crippen LogP contribution in [0.5, 0.6) is 11.5 Å². The minimum Gasteiger partial charge on any atom is -0.457 e. The zero-order valence-electron chi connectivity index (χ0n) is 22.9. The minimum absolute atomic E-state index is 0.0476. The molecule has 2 aromatic carbocycles. The van der Waals surface area contributed by atoms with Gasteiger partial charge in [0.1, 0.15) is 23.9 Å². The summed E-state index contributed by atoms with van der Waals surface area (Å²) in [6, 6.07) is 15.0. The van der Waals surface area contributed by atoms with Gasteiger partial charge in [-0.15, -0.1) is 0 Å². The van der Waals surface area contributed by atoms with E-state index in [4.69, 9.17) is 9.47 Å². The van der Waals surface area contributed by atoms with Gasteiger partial charge < -0.3 is 29.2 Å². The molecule has 1 N–H and O–H groups in total. The number of hydrogen-bond acceptors (Lipinski definition) is 6. The highest BCUT2D eigenvalue weighted by atomic mass is 16.5. The summed E-state index contributed by atoms with van der Waals surface area (Å²) in [6.45, 7) is 3.13. The van der Waals surface area contributed by atoms with E-state index in [1.807, 2.05) is 55.5 Å².